The van der Waals surface area contributed by atoms with E-state index in [1.807, 2.05) is 13.8 Å². The minimum Gasteiger partial charge on any atom is -0.379 e. The van der Waals surface area contributed by atoms with Crippen molar-refractivity contribution in [3.05, 3.63) is 73.6 Å². The van der Waals surface area contributed by atoms with Gasteiger partial charge in [0.25, 0.3) is 5.69 Å². The van der Waals surface area contributed by atoms with Gasteiger partial charge in [0.15, 0.2) is 11.6 Å². The number of hydrogen-bond acceptors (Lipinski definition) is 8. The van der Waals surface area contributed by atoms with E-state index in [0.29, 0.717) is 29.6 Å². The number of nitro groups is 2. The Labute approximate surface area is 204 Å². The van der Waals surface area contributed by atoms with Crippen LogP contribution in [0.5, 0.6) is 0 Å². The standard InChI is InChI=1S/C12H16N2O3.C8H6FNO3.C4H11N/c1-8(2)7-13-11-5-4-10(9(3)15)6-12(11)14(16)17;1-5(11)6-2-3-7(9)8(4-6)10(12)13;1-4(2)3-5/h4-6,8,13H,7H2,1-3H3;2-4H,1H3;4H,3,5H2,1-2H3. The second-order valence-electron chi connectivity index (χ2n) is 8.43. The van der Waals surface area contributed by atoms with Gasteiger partial charge in [-0.15, -0.1) is 0 Å². The monoisotopic (exact) mass is 492 g/mol. The molecule has 2 aromatic carbocycles. The highest BCUT2D eigenvalue weighted by molar-refractivity contribution is 5.95. The molecule has 11 heteroatoms. The number of benzene rings is 2. The number of nitro benzene ring substituents is 2. The smallest absolute Gasteiger partial charge is 0.305 e. The molecule has 0 fully saturated rings. The van der Waals surface area contributed by atoms with Crippen molar-refractivity contribution in [2.45, 2.75) is 41.5 Å². The molecule has 0 aliphatic heterocycles. The molecule has 0 aliphatic rings. The molecule has 0 radical (unpaired) electrons. The Morgan fingerprint density at radius 1 is 0.886 bits per heavy atom. The molecule has 2 aromatic rings. The number of nitrogens with zero attached hydrogens (tertiary/aromatic N) is 2. The first kappa shape index (κ1) is 31.3. The SMILES string of the molecule is CC(=O)c1ccc(F)c([N+](=O)[O-])c1.CC(=O)c1ccc(NCC(C)C)c([N+](=O)[O-])c1.CC(C)CN. The molecule has 0 spiro atoms. The second-order valence-corrected chi connectivity index (χ2v) is 8.43. The number of halogens is 1. The number of anilines is 1. The van der Waals surface area contributed by atoms with Crippen LogP contribution in [0.4, 0.5) is 21.5 Å². The molecule has 0 aliphatic carbocycles. The van der Waals surface area contributed by atoms with Gasteiger partial charge in [0.1, 0.15) is 5.69 Å². The maximum atomic E-state index is 12.7. The van der Waals surface area contributed by atoms with Crippen molar-refractivity contribution < 1.29 is 23.8 Å². The Hall–Kier alpha value is -3.73. The predicted molar refractivity (Wildman–Crippen MR) is 133 cm³/mol. The van der Waals surface area contributed by atoms with Crippen LogP contribution in [0.15, 0.2) is 36.4 Å². The van der Waals surface area contributed by atoms with Gasteiger partial charge in [-0.3, -0.25) is 29.8 Å². The summed E-state index contributed by atoms with van der Waals surface area (Å²) < 4.78 is 12.7. The van der Waals surface area contributed by atoms with E-state index < -0.39 is 21.4 Å². The topological polar surface area (TPSA) is 158 Å². The van der Waals surface area contributed by atoms with Crippen LogP contribution in [0.1, 0.15) is 62.3 Å². The summed E-state index contributed by atoms with van der Waals surface area (Å²) in [6.07, 6.45) is 0. The van der Waals surface area contributed by atoms with Crippen molar-refractivity contribution in [1.29, 1.82) is 0 Å². The van der Waals surface area contributed by atoms with Gasteiger partial charge in [0.05, 0.1) is 9.85 Å². The molecule has 10 nitrogen and oxygen atoms in total. The molecule has 2 rings (SSSR count). The van der Waals surface area contributed by atoms with Crippen LogP contribution in [0.3, 0.4) is 0 Å². The summed E-state index contributed by atoms with van der Waals surface area (Å²) in [6, 6.07) is 7.54. The summed E-state index contributed by atoms with van der Waals surface area (Å²) in [5.74, 6) is -0.390. The average Bonchev–Trinajstić information content (AvgIpc) is 2.78. The van der Waals surface area contributed by atoms with Crippen molar-refractivity contribution in [3.63, 3.8) is 0 Å². The lowest BCUT2D eigenvalue weighted by molar-refractivity contribution is -0.387. The van der Waals surface area contributed by atoms with Crippen molar-refractivity contribution in [3.8, 4) is 0 Å². The van der Waals surface area contributed by atoms with Gasteiger partial charge in [0, 0.05) is 29.8 Å². The van der Waals surface area contributed by atoms with Crippen molar-refractivity contribution in [2.75, 3.05) is 18.4 Å². The van der Waals surface area contributed by atoms with Gasteiger partial charge < -0.3 is 11.1 Å². The minimum atomic E-state index is -0.935. The van der Waals surface area contributed by atoms with Gasteiger partial charge in [-0.25, -0.2) is 0 Å². The molecule has 0 saturated carbocycles. The Kier molecular flexibility index (Phi) is 13.6. The zero-order valence-electron chi connectivity index (χ0n) is 20.8. The van der Waals surface area contributed by atoms with E-state index in [4.69, 9.17) is 5.73 Å². The van der Waals surface area contributed by atoms with Crippen molar-refractivity contribution in [1.82, 2.24) is 0 Å². The largest absolute Gasteiger partial charge is 0.379 e. The third-order valence-corrected chi connectivity index (χ3v) is 4.32. The third kappa shape index (κ3) is 11.8. The molecule has 0 amide bonds. The lowest BCUT2D eigenvalue weighted by Crippen LogP contribution is -2.10. The number of rotatable bonds is 8. The van der Waals surface area contributed by atoms with Crippen molar-refractivity contribution in [2.24, 2.45) is 17.6 Å². The van der Waals surface area contributed by atoms with Crippen LogP contribution in [-0.2, 0) is 0 Å². The average molecular weight is 493 g/mol. The Morgan fingerprint density at radius 3 is 1.69 bits per heavy atom. The van der Waals surface area contributed by atoms with Crippen LogP contribution >= 0.6 is 0 Å². The van der Waals surface area contributed by atoms with E-state index in [1.54, 1.807) is 12.1 Å². The summed E-state index contributed by atoms with van der Waals surface area (Å²) in [5, 5.41) is 24.2. The van der Waals surface area contributed by atoms with Crippen LogP contribution in [0, 0.1) is 37.9 Å². The third-order valence-electron chi connectivity index (χ3n) is 4.32. The van der Waals surface area contributed by atoms with E-state index in [-0.39, 0.29) is 22.8 Å². The number of Topliss-reactive ketones (excluding diaryl/α,β-unsaturated/α-hetero) is 2. The Bertz CT molecular complexity index is 1040. The zero-order valence-corrected chi connectivity index (χ0v) is 20.8. The molecule has 0 heterocycles. The zero-order chi connectivity index (χ0) is 27.3. The van der Waals surface area contributed by atoms with Gasteiger partial charge in [-0.1, -0.05) is 27.7 Å². The lowest BCUT2D eigenvalue weighted by atomic mass is 10.1. The molecule has 192 valence electrons. The highest BCUT2D eigenvalue weighted by Gasteiger charge is 2.16. The van der Waals surface area contributed by atoms with Crippen LogP contribution in [0.25, 0.3) is 0 Å². The Balaban J connectivity index is 0.000000567. The van der Waals surface area contributed by atoms with Crippen LogP contribution in [0.2, 0.25) is 0 Å². The van der Waals surface area contributed by atoms with E-state index in [9.17, 15) is 34.2 Å². The number of carbonyl (C=O) groups excluding carboxylic acids is 2. The fourth-order valence-corrected chi connectivity index (χ4v) is 2.24. The Morgan fingerprint density at radius 2 is 1.31 bits per heavy atom. The highest BCUT2D eigenvalue weighted by atomic mass is 19.1. The maximum Gasteiger partial charge on any atom is 0.305 e. The van der Waals surface area contributed by atoms with E-state index >= 15 is 0 Å². The summed E-state index contributed by atoms with van der Waals surface area (Å²) in [5.41, 5.74) is 5.38. The maximum absolute atomic E-state index is 12.7. The number of nitrogens with one attached hydrogen (secondary N) is 1. The van der Waals surface area contributed by atoms with Gasteiger partial charge in [-0.05, 0) is 56.5 Å². The molecule has 0 aromatic heterocycles. The van der Waals surface area contributed by atoms with E-state index in [2.05, 4.69) is 19.2 Å². The first-order chi connectivity index (χ1) is 16.2. The molecule has 0 saturated heterocycles. The molecule has 35 heavy (non-hydrogen) atoms. The van der Waals surface area contributed by atoms with Crippen LogP contribution in [-0.4, -0.2) is 34.5 Å². The molecule has 3 N–H and O–H groups in total. The first-order valence-corrected chi connectivity index (χ1v) is 10.9. The number of hydrogen-bond donors (Lipinski definition) is 2. The van der Waals surface area contributed by atoms with E-state index in [0.717, 1.165) is 18.7 Å². The number of ketones is 2. The molecule has 0 unspecified atom stereocenters. The van der Waals surface area contributed by atoms with Crippen molar-refractivity contribution >= 4 is 28.6 Å². The normalized spacial score (nSPS) is 10.0. The summed E-state index contributed by atoms with van der Waals surface area (Å²) in [7, 11) is 0. The second kappa shape index (κ2) is 15.2. The fraction of sp³-hybridized carbons (Fsp3) is 0.417. The summed E-state index contributed by atoms with van der Waals surface area (Å²) in [4.78, 5) is 41.8. The summed E-state index contributed by atoms with van der Waals surface area (Å²) in [6.45, 7) is 12.3. The van der Waals surface area contributed by atoms with Crippen LogP contribution < -0.4 is 11.1 Å². The molecular weight excluding hydrogens is 459 g/mol. The quantitative estimate of drug-likeness (QED) is 0.281. The lowest BCUT2D eigenvalue weighted by Gasteiger charge is -2.09. The molecule has 0 atom stereocenters. The molecular formula is C24H33FN4O6. The number of nitrogens with two attached hydrogens (primary N) is 1. The molecule has 0 bridgehead atoms. The predicted octanol–water partition coefficient (Wildman–Crippen LogP) is 5.40. The van der Waals surface area contributed by atoms with E-state index in [1.165, 1.54) is 26.0 Å². The van der Waals surface area contributed by atoms with Gasteiger partial charge in [0.2, 0.25) is 5.82 Å². The van der Waals surface area contributed by atoms with Gasteiger partial charge in [-0.2, -0.15) is 4.39 Å². The highest BCUT2D eigenvalue weighted by Crippen LogP contribution is 2.26. The number of carbonyl (C=O) groups is 2. The van der Waals surface area contributed by atoms with Gasteiger partial charge >= 0.3 is 5.69 Å². The fourth-order valence-electron chi connectivity index (χ4n) is 2.24. The summed E-state index contributed by atoms with van der Waals surface area (Å²) >= 11 is 0. The first-order valence-electron chi connectivity index (χ1n) is 10.9. The minimum absolute atomic E-state index is 0.0571.